The highest BCUT2D eigenvalue weighted by Crippen LogP contribution is 2.28. The fourth-order valence-corrected chi connectivity index (χ4v) is 2.32. The lowest BCUT2D eigenvalue weighted by atomic mass is 10.0. The minimum atomic E-state index is -0.288. The van der Waals surface area contributed by atoms with Gasteiger partial charge >= 0.3 is 5.97 Å². The second-order valence-corrected chi connectivity index (χ2v) is 4.40. The summed E-state index contributed by atoms with van der Waals surface area (Å²) in [5, 5.41) is 0. The highest BCUT2D eigenvalue weighted by atomic mass is 16.5. The third kappa shape index (κ3) is 2.70. The molecule has 1 saturated heterocycles. The van der Waals surface area contributed by atoms with E-state index in [4.69, 9.17) is 4.74 Å². The first-order chi connectivity index (χ1) is 8.72. The van der Waals surface area contributed by atoms with E-state index in [-0.39, 0.29) is 24.3 Å². The molecule has 2 rings (SSSR count). The van der Waals surface area contributed by atoms with Crippen LogP contribution < -0.4 is 0 Å². The molecule has 0 radical (unpaired) electrons. The molecule has 1 aromatic carbocycles. The fraction of sp³-hybridized carbons (Fsp3) is 0.429. The highest BCUT2D eigenvalue weighted by Gasteiger charge is 2.30. The van der Waals surface area contributed by atoms with Crippen molar-refractivity contribution >= 4 is 11.9 Å². The Labute approximate surface area is 107 Å². The van der Waals surface area contributed by atoms with Crippen LogP contribution in [0.15, 0.2) is 30.3 Å². The number of nitrogens with zero attached hydrogens (tertiary/aromatic N) is 1. The van der Waals surface area contributed by atoms with Gasteiger partial charge in [0.15, 0.2) is 0 Å². The largest absolute Gasteiger partial charge is 0.469 e. The van der Waals surface area contributed by atoms with Crippen LogP contribution in [-0.2, 0) is 14.3 Å². The highest BCUT2D eigenvalue weighted by molar-refractivity contribution is 5.80. The number of amides is 1. The van der Waals surface area contributed by atoms with Crippen molar-refractivity contribution in [3.05, 3.63) is 35.9 Å². The van der Waals surface area contributed by atoms with E-state index in [1.807, 2.05) is 30.3 Å². The number of hydrogen-bond acceptors (Lipinski definition) is 3. The van der Waals surface area contributed by atoms with Crippen LogP contribution in [0, 0.1) is 0 Å². The number of esters is 1. The molecule has 1 amide bonds. The summed E-state index contributed by atoms with van der Waals surface area (Å²) in [6.07, 6.45) is 1.65. The summed E-state index contributed by atoms with van der Waals surface area (Å²) in [6, 6.07) is 9.44. The molecule has 96 valence electrons. The first-order valence-corrected chi connectivity index (χ1v) is 6.13. The number of benzene rings is 1. The molecular weight excluding hydrogens is 230 g/mol. The zero-order valence-electron chi connectivity index (χ0n) is 10.5. The number of carbonyl (C=O) groups is 2. The Hall–Kier alpha value is -1.84. The smallest absolute Gasteiger partial charge is 0.307 e. The molecule has 1 aliphatic heterocycles. The van der Waals surface area contributed by atoms with Gasteiger partial charge in [0, 0.05) is 13.0 Å². The van der Waals surface area contributed by atoms with Gasteiger partial charge in [0.05, 0.1) is 19.6 Å². The maximum Gasteiger partial charge on any atom is 0.307 e. The van der Waals surface area contributed by atoms with Crippen molar-refractivity contribution in [1.82, 2.24) is 4.90 Å². The van der Waals surface area contributed by atoms with Crippen molar-refractivity contribution in [2.45, 2.75) is 25.3 Å². The van der Waals surface area contributed by atoms with Crippen molar-refractivity contribution in [2.24, 2.45) is 0 Å². The zero-order valence-corrected chi connectivity index (χ0v) is 10.5. The molecule has 1 atom stereocenters. The van der Waals surface area contributed by atoms with E-state index in [1.54, 1.807) is 4.90 Å². The Kier molecular flexibility index (Phi) is 3.97. The van der Waals surface area contributed by atoms with E-state index in [1.165, 1.54) is 7.11 Å². The first-order valence-electron chi connectivity index (χ1n) is 6.13. The quantitative estimate of drug-likeness (QED) is 0.764. The van der Waals surface area contributed by atoms with Gasteiger partial charge in [-0.1, -0.05) is 30.3 Å². The monoisotopic (exact) mass is 247 g/mol. The van der Waals surface area contributed by atoms with Gasteiger partial charge in [0.1, 0.15) is 0 Å². The molecule has 0 bridgehead atoms. The first kappa shape index (κ1) is 12.6. The van der Waals surface area contributed by atoms with E-state index in [0.29, 0.717) is 6.42 Å². The van der Waals surface area contributed by atoms with Crippen LogP contribution in [0.4, 0.5) is 0 Å². The maximum atomic E-state index is 11.8. The second kappa shape index (κ2) is 5.67. The number of ether oxygens (including phenoxy) is 1. The summed E-state index contributed by atoms with van der Waals surface area (Å²) in [5.41, 5.74) is 0.984. The fourth-order valence-electron chi connectivity index (χ4n) is 2.32. The van der Waals surface area contributed by atoms with E-state index >= 15 is 0 Å². The number of methoxy groups -OCH3 is 1. The van der Waals surface area contributed by atoms with Crippen LogP contribution in [0.25, 0.3) is 0 Å². The Morgan fingerprint density at radius 1 is 1.39 bits per heavy atom. The lowest BCUT2D eigenvalue weighted by Crippen LogP contribution is -2.31. The molecule has 4 nitrogen and oxygen atoms in total. The van der Waals surface area contributed by atoms with E-state index in [2.05, 4.69) is 0 Å². The van der Waals surface area contributed by atoms with Gasteiger partial charge in [-0.05, 0) is 12.0 Å². The Balaban J connectivity index is 2.22. The number of likely N-dealkylation sites (tertiary alicyclic amines) is 1. The van der Waals surface area contributed by atoms with Gasteiger partial charge < -0.3 is 9.64 Å². The van der Waals surface area contributed by atoms with E-state index in [9.17, 15) is 9.59 Å². The van der Waals surface area contributed by atoms with Crippen molar-refractivity contribution < 1.29 is 14.3 Å². The number of carbonyl (C=O) groups excluding carboxylic acids is 2. The molecule has 0 unspecified atom stereocenters. The van der Waals surface area contributed by atoms with Crippen molar-refractivity contribution in [2.75, 3.05) is 13.7 Å². The van der Waals surface area contributed by atoms with E-state index < -0.39 is 0 Å². The van der Waals surface area contributed by atoms with Gasteiger partial charge in [-0.25, -0.2) is 0 Å². The summed E-state index contributed by atoms with van der Waals surface area (Å²) < 4.78 is 4.72. The minimum absolute atomic E-state index is 0.118. The molecule has 18 heavy (non-hydrogen) atoms. The molecule has 0 N–H and O–H groups in total. The molecule has 1 fully saturated rings. The average Bonchev–Trinajstić information content (AvgIpc) is 2.83. The SMILES string of the molecule is COC(=O)C[C@H](c1ccccc1)N1CCCC1=O. The maximum absolute atomic E-state index is 11.8. The average molecular weight is 247 g/mol. The van der Waals surface area contributed by atoms with Gasteiger partial charge in [-0.2, -0.15) is 0 Å². The van der Waals surface area contributed by atoms with Gasteiger partial charge in [-0.15, -0.1) is 0 Å². The molecule has 0 aromatic heterocycles. The minimum Gasteiger partial charge on any atom is -0.469 e. The van der Waals surface area contributed by atoms with Gasteiger partial charge in [0.25, 0.3) is 0 Å². The summed E-state index contributed by atoms with van der Waals surface area (Å²) in [4.78, 5) is 25.1. The topological polar surface area (TPSA) is 46.6 Å². The van der Waals surface area contributed by atoms with Crippen LogP contribution in [0.2, 0.25) is 0 Å². The summed E-state index contributed by atoms with van der Waals surface area (Å²) in [6.45, 7) is 0.718. The Morgan fingerprint density at radius 3 is 2.67 bits per heavy atom. The standard InChI is InChI=1S/C14H17NO3/c1-18-14(17)10-12(11-6-3-2-4-7-11)15-9-5-8-13(15)16/h2-4,6-7,12H,5,8-10H2,1H3/t12-/m1/s1. The van der Waals surface area contributed by atoms with Crippen LogP contribution in [0.1, 0.15) is 30.9 Å². The predicted octanol–water partition coefficient (Wildman–Crippen LogP) is 1.91. The molecule has 1 heterocycles. The molecule has 0 aliphatic carbocycles. The normalized spacial score (nSPS) is 16.7. The Morgan fingerprint density at radius 2 is 2.11 bits per heavy atom. The van der Waals surface area contributed by atoms with Gasteiger partial charge in [0.2, 0.25) is 5.91 Å². The number of rotatable bonds is 4. The molecule has 0 saturated carbocycles. The van der Waals surface area contributed by atoms with Crippen molar-refractivity contribution in [3.63, 3.8) is 0 Å². The Bertz CT molecular complexity index is 430. The molecule has 1 aliphatic rings. The van der Waals surface area contributed by atoms with Crippen LogP contribution in [-0.4, -0.2) is 30.4 Å². The summed E-state index contributed by atoms with van der Waals surface area (Å²) in [5.74, 6) is -0.170. The van der Waals surface area contributed by atoms with Gasteiger partial charge in [-0.3, -0.25) is 9.59 Å². The molecular formula is C14H17NO3. The van der Waals surface area contributed by atoms with Crippen LogP contribution >= 0.6 is 0 Å². The van der Waals surface area contributed by atoms with Crippen LogP contribution in [0.5, 0.6) is 0 Å². The predicted molar refractivity (Wildman–Crippen MR) is 66.8 cm³/mol. The zero-order chi connectivity index (χ0) is 13.0. The van der Waals surface area contributed by atoms with Crippen molar-refractivity contribution in [3.8, 4) is 0 Å². The third-order valence-electron chi connectivity index (χ3n) is 3.26. The van der Waals surface area contributed by atoms with E-state index in [0.717, 1.165) is 18.5 Å². The molecule has 4 heteroatoms. The third-order valence-corrected chi connectivity index (χ3v) is 3.26. The summed E-state index contributed by atoms with van der Waals surface area (Å²) in [7, 11) is 1.37. The molecule has 1 aromatic rings. The lowest BCUT2D eigenvalue weighted by Gasteiger charge is -2.27. The molecule has 0 spiro atoms. The second-order valence-electron chi connectivity index (χ2n) is 4.40. The van der Waals surface area contributed by atoms with Crippen molar-refractivity contribution in [1.29, 1.82) is 0 Å². The lowest BCUT2D eigenvalue weighted by molar-refractivity contribution is -0.143. The van der Waals surface area contributed by atoms with Crippen LogP contribution in [0.3, 0.4) is 0 Å². The summed E-state index contributed by atoms with van der Waals surface area (Å²) >= 11 is 0. The number of hydrogen-bond donors (Lipinski definition) is 0.